The van der Waals surface area contributed by atoms with Gasteiger partial charge in [0.25, 0.3) is 5.69 Å². The molecule has 0 aromatic heterocycles. The number of ether oxygens (including phenoxy) is 1. The van der Waals surface area contributed by atoms with Crippen LogP contribution in [0.2, 0.25) is 0 Å². The van der Waals surface area contributed by atoms with E-state index in [-0.39, 0.29) is 22.6 Å². The summed E-state index contributed by atoms with van der Waals surface area (Å²) in [6.07, 6.45) is 0.925. The van der Waals surface area contributed by atoms with E-state index in [1.165, 1.54) is 6.92 Å². The van der Waals surface area contributed by atoms with Crippen LogP contribution in [-0.4, -0.2) is 32.2 Å². The van der Waals surface area contributed by atoms with E-state index >= 15 is 0 Å². The zero-order valence-corrected chi connectivity index (χ0v) is 11.5. The first kappa shape index (κ1) is 15.1. The molecule has 0 saturated heterocycles. The van der Waals surface area contributed by atoms with Crippen LogP contribution >= 0.6 is 0 Å². The maximum atomic E-state index is 11.6. The SMILES string of the molecule is CCOC(=O)c1cc([N+](=O)[O-])c(C)c(S(C)(=O)=O)c1. The number of esters is 1. The van der Waals surface area contributed by atoms with Gasteiger partial charge in [0.05, 0.1) is 22.0 Å². The summed E-state index contributed by atoms with van der Waals surface area (Å²) in [5.41, 5.74) is -0.578. The molecule has 0 heterocycles. The molecule has 7 nitrogen and oxygen atoms in total. The van der Waals surface area contributed by atoms with Crippen molar-refractivity contribution in [1.29, 1.82) is 0 Å². The maximum Gasteiger partial charge on any atom is 0.338 e. The molecule has 1 aromatic carbocycles. The lowest BCUT2D eigenvalue weighted by atomic mass is 10.1. The molecule has 0 bridgehead atoms. The third kappa shape index (κ3) is 3.28. The molecule has 19 heavy (non-hydrogen) atoms. The number of hydrogen-bond donors (Lipinski definition) is 0. The van der Waals surface area contributed by atoms with Crippen molar-refractivity contribution in [3.8, 4) is 0 Å². The van der Waals surface area contributed by atoms with Gasteiger partial charge >= 0.3 is 5.97 Å². The summed E-state index contributed by atoms with van der Waals surface area (Å²) in [5.74, 6) is -0.796. The number of rotatable bonds is 4. The summed E-state index contributed by atoms with van der Waals surface area (Å²) < 4.78 is 27.9. The van der Waals surface area contributed by atoms with Gasteiger partial charge in [0.15, 0.2) is 9.84 Å². The number of sulfone groups is 1. The molecule has 0 aliphatic heterocycles. The molecule has 0 radical (unpaired) electrons. The van der Waals surface area contributed by atoms with Crippen molar-refractivity contribution in [2.75, 3.05) is 12.9 Å². The van der Waals surface area contributed by atoms with Crippen LogP contribution in [-0.2, 0) is 14.6 Å². The third-order valence-corrected chi connectivity index (χ3v) is 3.66. The summed E-state index contributed by atoms with van der Waals surface area (Å²) >= 11 is 0. The molecule has 0 atom stereocenters. The number of nitrogens with zero attached hydrogens (tertiary/aromatic N) is 1. The first-order valence-electron chi connectivity index (χ1n) is 5.34. The standard InChI is InChI=1S/C11H13NO6S/c1-4-18-11(13)8-5-9(12(14)15)7(2)10(6-8)19(3,16)17/h5-6H,4H2,1-3H3. The maximum absolute atomic E-state index is 11.6. The van der Waals surface area contributed by atoms with E-state index in [9.17, 15) is 23.3 Å². The van der Waals surface area contributed by atoms with Gasteiger partial charge in [-0.3, -0.25) is 10.1 Å². The molecule has 1 aromatic rings. The van der Waals surface area contributed by atoms with Crippen molar-refractivity contribution >= 4 is 21.5 Å². The molecule has 0 saturated carbocycles. The van der Waals surface area contributed by atoms with Crippen LogP contribution in [0.15, 0.2) is 17.0 Å². The molecule has 0 fully saturated rings. The number of nitro groups is 1. The Morgan fingerprint density at radius 2 is 2.00 bits per heavy atom. The number of carbonyl (C=O) groups excluding carboxylic acids is 1. The summed E-state index contributed by atoms with van der Waals surface area (Å²) in [6, 6.07) is 2.11. The predicted molar refractivity (Wildman–Crippen MR) is 66.9 cm³/mol. The number of nitro benzene ring substituents is 1. The second-order valence-corrected chi connectivity index (χ2v) is 5.85. The lowest BCUT2D eigenvalue weighted by Crippen LogP contribution is -2.10. The van der Waals surface area contributed by atoms with Crippen molar-refractivity contribution < 1.29 is 22.9 Å². The van der Waals surface area contributed by atoms with Crippen LogP contribution in [0.4, 0.5) is 5.69 Å². The van der Waals surface area contributed by atoms with Crippen LogP contribution in [0.25, 0.3) is 0 Å². The second kappa shape index (κ2) is 5.35. The summed E-state index contributed by atoms with van der Waals surface area (Å²) in [4.78, 5) is 21.5. The fourth-order valence-corrected chi connectivity index (χ4v) is 2.58. The van der Waals surface area contributed by atoms with Gasteiger partial charge in [-0.05, 0) is 19.9 Å². The highest BCUT2D eigenvalue weighted by Gasteiger charge is 2.24. The summed E-state index contributed by atoms with van der Waals surface area (Å²) in [5, 5.41) is 10.9. The topological polar surface area (TPSA) is 104 Å². The fourth-order valence-electron chi connectivity index (χ4n) is 1.58. The van der Waals surface area contributed by atoms with Crippen molar-refractivity contribution in [3.63, 3.8) is 0 Å². The van der Waals surface area contributed by atoms with Gasteiger partial charge in [-0.15, -0.1) is 0 Å². The van der Waals surface area contributed by atoms with Crippen LogP contribution in [0.5, 0.6) is 0 Å². The Hall–Kier alpha value is -1.96. The van der Waals surface area contributed by atoms with E-state index in [1.807, 2.05) is 0 Å². The fraction of sp³-hybridized carbons (Fsp3) is 0.364. The monoisotopic (exact) mass is 287 g/mol. The van der Waals surface area contributed by atoms with Crippen LogP contribution in [0, 0.1) is 17.0 Å². The average Bonchev–Trinajstić information content (AvgIpc) is 2.27. The van der Waals surface area contributed by atoms with Crippen LogP contribution in [0.3, 0.4) is 0 Å². The van der Waals surface area contributed by atoms with Crippen molar-refractivity contribution in [2.24, 2.45) is 0 Å². The Kier molecular flexibility index (Phi) is 4.25. The Balaban J connectivity index is 3.58. The van der Waals surface area contributed by atoms with Crippen LogP contribution in [0.1, 0.15) is 22.8 Å². The molecular weight excluding hydrogens is 274 g/mol. The van der Waals surface area contributed by atoms with Crippen molar-refractivity contribution in [1.82, 2.24) is 0 Å². The molecule has 104 valence electrons. The zero-order chi connectivity index (χ0) is 14.8. The molecule has 0 aliphatic carbocycles. The van der Waals surface area contributed by atoms with Crippen LogP contribution < -0.4 is 0 Å². The zero-order valence-electron chi connectivity index (χ0n) is 10.7. The number of hydrogen-bond acceptors (Lipinski definition) is 6. The quantitative estimate of drug-likeness (QED) is 0.472. The molecule has 0 N–H and O–H groups in total. The normalized spacial score (nSPS) is 11.1. The van der Waals surface area contributed by atoms with Gasteiger partial charge in [-0.25, -0.2) is 13.2 Å². The van der Waals surface area contributed by atoms with Gasteiger partial charge in [-0.2, -0.15) is 0 Å². The Labute approximate surface area is 110 Å². The molecule has 1 rings (SSSR count). The minimum atomic E-state index is -3.67. The van der Waals surface area contributed by atoms with Crippen molar-refractivity contribution in [3.05, 3.63) is 33.4 Å². The highest BCUT2D eigenvalue weighted by molar-refractivity contribution is 7.90. The van der Waals surface area contributed by atoms with Crippen molar-refractivity contribution in [2.45, 2.75) is 18.7 Å². The largest absolute Gasteiger partial charge is 0.462 e. The molecule has 8 heteroatoms. The lowest BCUT2D eigenvalue weighted by Gasteiger charge is -2.08. The van der Waals surface area contributed by atoms with Gasteiger partial charge in [0.1, 0.15) is 0 Å². The molecule has 0 amide bonds. The van der Waals surface area contributed by atoms with E-state index < -0.39 is 26.4 Å². The molecule has 0 aliphatic rings. The van der Waals surface area contributed by atoms with Gasteiger partial charge in [-0.1, -0.05) is 0 Å². The summed E-state index contributed by atoms with van der Waals surface area (Å²) in [6.45, 7) is 3.00. The highest BCUT2D eigenvalue weighted by Crippen LogP contribution is 2.27. The highest BCUT2D eigenvalue weighted by atomic mass is 32.2. The smallest absolute Gasteiger partial charge is 0.338 e. The first-order chi connectivity index (χ1) is 8.68. The third-order valence-electron chi connectivity index (χ3n) is 2.44. The number of carbonyl (C=O) groups is 1. The van der Waals surface area contributed by atoms with E-state index in [1.54, 1.807) is 6.92 Å². The van der Waals surface area contributed by atoms with E-state index in [2.05, 4.69) is 0 Å². The summed E-state index contributed by atoms with van der Waals surface area (Å²) in [7, 11) is -3.67. The van der Waals surface area contributed by atoms with E-state index in [0.717, 1.165) is 18.4 Å². The molecule has 0 spiro atoms. The predicted octanol–water partition coefficient (Wildman–Crippen LogP) is 1.48. The Bertz CT molecular complexity index is 635. The minimum Gasteiger partial charge on any atom is -0.462 e. The molecule has 0 unspecified atom stereocenters. The van der Waals surface area contributed by atoms with E-state index in [4.69, 9.17) is 4.74 Å². The first-order valence-corrected chi connectivity index (χ1v) is 7.23. The van der Waals surface area contributed by atoms with Gasteiger partial charge in [0.2, 0.25) is 0 Å². The van der Waals surface area contributed by atoms with Gasteiger partial charge < -0.3 is 4.74 Å². The minimum absolute atomic E-state index is 0.000508. The number of benzene rings is 1. The second-order valence-electron chi connectivity index (χ2n) is 3.87. The Morgan fingerprint density at radius 1 is 1.42 bits per heavy atom. The van der Waals surface area contributed by atoms with Gasteiger partial charge in [0, 0.05) is 17.9 Å². The average molecular weight is 287 g/mol. The molecular formula is C11H13NO6S. The lowest BCUT2D eigenvalue weighted by molar-refractivity contribution is -0.385. The van der Waals surface area contributed by atoms with E-state index in [0.29, 0.717) is 0 Å². The Morgan fingerprint density at radius 3 is 2.42 bits per heavy atom.